The number of amides is 3. The second kappa shape index (κ2) is 7.45. The molecule has 19 heavy (non-hydrogen) atoms. The minimum Gasteiger partial charge on any atom is -0.356 e. The van der Waals surface area contributed by atoms with E-state index in [1.165, 1.54) is 12.2 Å². The zero-order chi connectivity index (χ0) is 14.3. The summed E-state index contributed by atoms with van der Waals surface area (Å²) in [5.41, 5.74) is 0. The highest BCUT2D eigenvalue weighted by atomic mass is 16.2. The molecule has 0 fully saturated rings. The lowest BCUT2D eigenvalue weighted by Crippen LogP contribution is -2.32. The number of carbonyl (C=O) groups excluding carboxylic acids is 4. The molecule has 0 aromatic rings. The van der Waals surface area contributed by atoms with Crippen molar-refractivity contribution in [3.8, 4) is 0 Å². The molecule has 0 aromatic heterocycles. The normalized spacial score (nSPS) is 14.1. The fourth-order valence-electron chi connectivity index (χ4n) is 1.65. The minimum absolute atomic E-state index is 0.0155. The Kier molecular flexibility index (Phi) is 5.92. The third-order valence-corrected chi connectivity index (χ3v) is 2.79. The average molecular weight is 266 g/mol. The smallest absolute Gasteiger partial charge is 0.253 e. The SMILES string of the molecule is CCC(=O)NCCCC(=O)CCN1C(=O)C=CC1=O. The van der Waals surface area contributed by atoms with Crippen LogP contribution < -0.4 is 5.32 Å². The van der Waals surface area contributed by atoms with Crippen LogP contribution in [-0.2, 0) is 19.2 Å². The van der Waals surface area contributed by atoms with E-state index in [0.29, 0.717) is 25.8 Å². The van der Waals surface area contributed by atoms with Crippen molar-refractivity contribution in [2.24, 2.45) is 0 Å². The third kappa shape index (κ3) is 5.03. The van der Waals surface area contributed by atoms with Gasteiger partial charge in [0.1, 0.15) is 5.78 Å². The van der Waals surface area contributed by atoms with Crippen LogP contribution in [0.5, 0.6) is 0 Å². The van der Waals surface area contributed by atoms with Gasteiger partial charge >= 0.3 is 0 Å². The van der Waals surface area contributed by atoms with Crippen LogP contribution in [0.4, 0.5) is 0 Å². The molecule has 6 nitrogen and oxygen atoms in total. The van der Waals surface area contributed by atoms with Gasteiger partial charge in [0.15, 0.2) is 0 Å². The van der Waals surface area contributed by atoms with E-state index in [1.54, 1.807) is 6.92 Å². The summed E-state index contributed by atoms with van der Waals surface area (Å²) < 4.78 is 0. The van der Waals surface area contributed by atoms with Gasteiger partial charge in [-0.05, 0) is 6.42 Å². The lowest BCUT2D eigenvalue weighted by Gasteiger charge is -2.12. The summed E-state index contributed by atoms with van der Waals surface area (Å²) in [6, 6.07) is 0. The maximum absolute atomic E-state index is 11.5. The van der Waals surface area contributed by atoms with Crippen molar-refractivity contribution in [2.45, 2.75) is 32.6 Å². The molecule has 3 amide bonds. The summed E-state index contributed by atoms with van der Waals surface area (Å²) in [4.78, 5) is 46.0. The first kappa shape index (κ1) is 15.1. The maximum Gasteiger partial charge on any atom is 0.253 e. The molecule has 1 aliphatic rings. The van der Waals surface area contributed by atoms with Gasteiger partial charge in [-0.25, -0.2) is 0 Å². The van der Waals surface area contributed by atoms with E-state index in [9.17, 15) is 19.2 Å². The Hall–Kier alpha value is -1.98. The van der Waals surface area contributed by atoms with Crippen LogP contribution in [0.3, 0.4) is 0 Å². The van der Waals surface area contributed by atoms with Gasteiger partial charge in [0, 0.05) is 44.5 Å². The Balaban J connectivity index is 2.13. The van der Waals surface area contributed by atoms with Crippen molar-refractivity contribution in [1.82, 2.24) is 10.2 Å². The summed E-state index contributed by atoms with van der Waals surface area (Å²) >= 11 is 0. The molecule has 0 aromatic carbocycles. The number of imide groups is 1. The number of ketones is 1. The molecule has 0 aliphatic carbocycles. The molecule has 0 saturated heterocycles. The quantitative estimate of drug-likeness (QED) is 0.501. The molecule has 0 saturated carbocycles. The second-order valence-electron chi connectivity index (χ2n) is 4.26. The molecule has 0 radical (unpaired) electrons. The van der Waals surface area contributed by atoms with E-state index in [4.69, 9.17) is 0 Å². The monoisotopic (exact) mass is 266 g/mol. The van der Waals surface area contributed by atoms with Crippen LogP contribution >= 0.6 is 0 Å². The summed E-state index contributed by atoms with van der Waals surface area (Å²) in [5.74, 6) is -0.786. The number of nitrogens with one attached hydrogen (secondary N) is 1. The van der Waals surface area contributed by atoms with Gasteiger partial charge in [-0.3, -0.25) is 24.1 Å². The van der Waals surface area contributed by atoms with E-state index in [0.717, 1.165) is 4.90 Å². The molecule has 1 N–H and O–H groups in total. The number of rotatable bonds is 8. The van der Waals surface area contributed by atoms with Crippen LogP contribution in [0, 0.1) is 0 Å². The minimum atomic E-state index is -0.368. The summed E-state index contributed by atoms with van der Waals surface area (Å²) in [5, 5.41) is 2.68. The maximum atomic E-state index is 11.5. The highest BCUT2D eigenvalue weighted by Crippen LogP contribution is 2.05. The fraction of sp³-hybridized carbons (Fsp3) is 0.538. The second-order valence-corrected chi connectivity index (χ2v) is 4.26. The van der Waals surface area contributed by atoms with Crippen molar-refractivity contribution in [1.29, 1.82) is 0 Å². The predicted molar refractivity (Wildman–Crippen MR) is 68.0 cm³/mol. The summed E-state index contributed by atoms with van der Waals surface area (Å²) in [7, 11) is 0. The van der Waals surface area contributed by atoms with Gasteiger partial charge < -0.3 is 5.32 Å². The third-order valence-electron chi connectivity index (χ3n) is 2.79. The summed E-state index contributed by atoms with van der Waals surface area (Å²) in [6.07, 6.45) is 3.92. The molecule has 1 aliphatic heterocycles. The Morgan fingerprint density at radius 1 is 1.16 bits per heavy atom. The van der Waals surface area contributed by atoms with Crippen molar-refractivity contribution in [3.05, 3.63) is 12.2 Å². The van der Waals surface area contributed by atoms with Crippen LogP contribution in [0.2, 0.25) is 0 Å². The molecule has 1 rings (SSSR count). The Morgan fingerprint density at radius 3 is 2.37 bits per heavy atom. The largest absolute Gasteiger partial charge is 0.356 e. The molecule has 0 bridgehead atoms. The lowest BCUT2D eigenvalue weighted by atomic mass is 10.1. The summed E-state index contributed by atoms with van der Waals surface area (Å²) in [6.45, 7) is 2.37. The number of Topliss-reactive ketones (excluding diaryl/α,β-unsaturated/α-hetero) is 1. The fourth-order valence-corrected chi connectivity index (χ4v) is 1.65. The van der Waals surface area contributed by atoms with Crippen molar-refractivity contribution in [3.63, 3.8) is 0 Å². The van der Waals surface area contributed by atoms with Crippen molar-refractivity contribution < 1.29 is 19.2 Å². The van der Waals surface area contributed by atoms with Gasteiger partial charge in [-0.1, -0.05) is 6.92 Å². The standard InChI is InChI=1S/C13H18N2O4/c1-2-11(17)14-8-3-4-10(16)7-9-15-12(18)5-6-13(15)19/h5-6H,2-4,7-9H2,1H3,(H,14,17). The predicted octanol–water partition coefficient (Wildman–Crippen LogP) is 0.177. The molecule has 104 valence electrons. The Labute approximate surface area is 111 Å². The van der Waals surface area contributed by atoms with E-state index in [2.05, 4.69) is 5.32 Å². The van der Waals surface area contributed by atoms with Gasteiger partial charge in [0.05, 0.1) is 0 Å². The van der Waals surface area contributed by atoms with Crippen molar-refractivity contribution in [2.75, 3.05) is 13.1 Å². The van der Waals surface area contributed by atoms with E-state index in [1.807, 2.05) is 0 Å². The highest BCUT2D eigenvalue weighted by Gasteiger charge is 2.23. The van der Waals surface area contributed by atoms with Crippen molar-refractivity contribution >= 4 is 23.5 Å². The van der Waals surface area contributed by atoms with Crippen LogP contribution in [0.1, 0.15) is 32.6 Å². The molecule has 1 heterocycles. The topological polar surface area (TPSA) is 83.6 Å². The molecule has 0 unspecified atom stereocenters. The molecular weight excluding hydrogens is 248 g/mol. The highest BCUT2D eigenvalue weighted by molar-refractivity contribution is 6.13. The van der Waals surface area contributed by atoms with Gasteiger partial charge in [-0.15, -0.1) is 0 Å². The van der Waals surface area contributed by atoms with Crippen LogP contribution in [-0.4, -0.2) is 41.5 Å². The van der Waals surface area contributed by atoms with E-state index < -0.39 is 0 Å². The van der Waals surface area contributed by atoms with Crippen LogP contribution in [0.15, 0.2) is 12.2 Å². The zero-order valence-electron chi connectivity index (χ0n) is 11.0. The number of nitrogens with zero attached hydrogens (tertiary/aromatic N) is 1. The zero-order valence-corrected chi connectivity index (χ0v) is 11.0. The lowest BCUT2D eigenvalue weighted by molar-refractivity contribution is -0.137. The number of hydrogen-bond acceptors (Lipinski definition) is 4. The van der Waals surface area contributed by atoms with Gasteiger partial charge in [0.25, 0.3) is 11.8 Å². The Morgan fingerprint density at radius 2 is 1.79 bits per heavy atom. The van der Waals surface area contributed by atoms with E-state index in [-0.39, 0.29) is 36.5 Å². The molecule has 0 atom stereocenters. The first-order valence-electron chi connectivity index (χ1n) is 6.36. The first-order valence-corrected chi connectivity index (χ1v) is 6.36. The van der Waals surface area contributed by atoms with E-state index >= 15 is 0 Å². The Bertz CT molecular complexity index is 397. The number of carbonyl (C=O) groups is 4. The average Bonchev–Trinajstić information content (AvgIpc) is 2.71. The van der Waals surface area contributed by atoms with Gasteiger partial charge in [-0.2, -0.15) is 0 Å². The van der Waals surface area contributed by atoms with Gasteiger partial charge in [0.2, 0.25) is 5.91 Å². The number of hydrogen-bond donors (Lipinski definition) is 1. The molecule has 0 spiro atoms. The molecule has 6 heteroatoms. The molecular formula is C13H18N2O4. The first-order chi connectivity index (χ1) is 9.04. The van der Waals surface area contributed by atoms with Crippen LogP contribution in [0.25, 0.3) is 0 Å².